The number of anilines is 2. The molecule has 0 aromatic heterocycles. The van der Waals surface area contributed by atoms with Crippen molar-refractivity contribution < 1.29 is 9.47 Å². The van der Waals surface area contributed by atoms with Crippen LogP contribution in [0.2, 0.25) is 0 Å². The third-order valence-corrected chi connectivity index (χ3v) is 9.37. The lowest BCUT2D eigenvalue weighted by Gasteiger charge is -2.39. The van der Waals surface area contributed by atoms with Crippen LogP contribution in [-0.4, -0.2) is 0 Å². The van der Waals surface area contributed by atoms with E-state index >= 15 is 0 Å². The summed E-state index contributed by atoms with van der Waals surface area (Å²) in [5.41, 5.74) is 15.4. The monoisotopic (exact) mass is 762 g/mol. The van der Waals surface area contributed by atoms with Gasteiger partial charge in [-0.3, -0.25) is 0 Å². The van der Waals surface area contributed by atoms with Gasteiger partial charge in [-0.2, -0.15) is 0 Å². The molecule has 4 aromatic carbocycles. The van der Waals surface area contributed by atoms with Crippen molar-refractivity contribution in [1.29, 1.82) is 0 Å². The number of nitrogen functional groups attached to an aromatic ring is 2. The second kappa shape index (κ2) is 11.6. The molecule has 1 fully saturated rings. The summed E-state index contributed by atoms with van der Waals surface area (Å²) in [6.45, 7) is 0. The van der Waals surface area contributed by atoms with Crippen LogP contribution < -0.4 is 20.9 Å². The quantitative estimate of drug-likeness (QED) is 0.192. The normalized spacial score (nSPS) is 14.7. The van der Waals surface area contributed by atoms with Crippen LogP contribution in [0.25, 0.3) is 0 Å². The summed E-state index contributed by atoms with van der Waals surface area (Å²) >= 11 is 15.2. The van der Waals surface area contributed by atoms with Gasteiger partial charge in [0, 0.05) is 16.8 Å². The topological polar surface area (TPSA) is 70.5 Å². The number of nitrogens with two attached hydrogens (primary N) is 2. The first-order valence-corrected chi connectivity index (χ1v) is 15.5. The highest BCUT2D eigenvalue weighted by Crippen LogP contribution is 2.51. The molecule has 1 aliphatic carbocycles. The van der Waals surface area contributed by atoms with Gasteiger partial charge in [-0.1, -0.05) is 19.3 Å². The average molecular weight is 766 g/mol. The Morgan fingerprint density at radius 1 is 0.526 bits per heavy atom. The Morgan fingerprint density at radius 2 is 0.868 bits per heavy atom. The predicted octanol–water partition coefficient (Wildman–Crippen LogP) is 10.7. The highest BCUT2D eigenvalue weighted by atomic mass is 79.9. The largest absolute Gasteiger partial charge is 0.455 e. The summed E-state index contributed by atoms with van der Waals surface area (Å²) in [5.74, 6) is 2.92. The van der Waals surface area contributed by atoms with Crippen LogP contribution in [0.5, 0.6) is 23.0 Å². The molecule has 5 rings (SSSR count). The van der Waals surface area contributed by atoms with Crippen molar-refractivity contribution >= 4 is 75.1 Å². The molecule has 0 unspecified atom stereocenters. The van der Waals surface area contributed by atoms with Gasteiger partial charge >= 0.3 is 0 Å². The molecule has 0 bridgehead atoms. The molecule has 38 heavy (non-hydrogen) atoms. The van der Waals surface area contributed by atoms with Crippen molar-refractivity contribution in [3.05, 3.63) is 102 Å². The van der Waals surface area contributed by atoms with E-state index in [9.17, 15) is 0 Å². The van der Waals surface area contributed by atoms with Crippen molar-refractivity contribution in [3.8, 4) is 23.0 Å². The van der Waals surface area contributed by atoms with Crippen LogP contribution in [0, 0.1) is 0 Å². The lowest BCUT2D eigenvalue weighted by atomic mass is 9.65. The van der Waals surface area contributed by atoms with E-state index in [1.807, 2.05) is 48.5 Å². The van der Waals surface area contributed by atoms with E-state index in [0.29, 0.717) is 11.4 Å². The van der Waals surface area contributed by atoms with E-state index in [1.54, 1.807) is 0 Å². The molecule has 196 valence electrons. The summed E-state index contributed by atoms with van der Waals surface area (Å²) in [4.78, 5) is 0. The molecule has 0 atom stereocenters. The summed E-state index contributed by atoms with van der Waals surface area (Å²) in [6.07, 6.45) is 5.68. The van der Waals surface area contributed by atoms with Gasteiger partial charge in [-0.25, -0.2) is 0 Å². The fourth-order valence-electron chi connectivity index (χ4n) is 5.07. The zero-order valence-electron chi connectivity index (χ0n) is 20.4. The standard InChI is InChI=1S/C30H26Br4N2O2/c31-24-14-18(15-25(32)28(24)37-22-8-4-20(35)5-9-22)30(12-2-1-3-13-30)19-16-26(33)29(27(34)17-19)38-23-10-6-21(36)7-11-23/h4-11,14-17H,1-3,12-13,35-36H2. The third kappa shape index (κ3) is 5.79. The fraction of sp³-hybridized carbons (Fsp3) is 0.200. The SMILES string of the molecule is Nc1ccc(Oc2c(Br)cc(C3(c4cc(Br)c(Oc5ccc(N)cc5)c(Br)c4)CCCCC3)cc2Br)cc1. The first kappa shape index (κ1) is 27.6. The van der Waals surface area contributed by atoms with Gasteiger partial charge in [-0.05, 0) is 160 Å². The summed E-state index contributed by atoms with van der Waals surface area (Å²) in [6, 6.07) is 23.6. The minimum absolute atomic E-state index is 0.145. The molecule has 0 amide bonds. The predicted molar refractivity (Wildman–Crippen MR) is 169 cm³/mol. The van der Waals surface area contributed by atoms with Crippen LogP contribution >= 0.6 is 63.7 Å². The molecule has 1 aliphatic rings. The second-order valence-corrected chi connectivity index (χ2v) is 12.9. The van der Waals surface area contributed by atoms with Crippen LogP contribution in [0.4, 0.5) is 11.4 Å². The van der Waals surface area contributed by atoms with E-state index in [2.05, 4.69) is 88.0 Å². The molecule has 0 heterocycles. The molecular weight excluding hydrogens is 740 g/mol. The lowest BCUT2D eigenvalue weighted by Crippen LogP contribution is -2.30. The Morgan fingerprint density at radius 3 is 1.21 bits per heavy atom. The Bertz CT molecular complexity index is 1300. The maximum atomic E-state index is 6.21. The molecule has 4 aromatic rings. The maximum absolute atomic E-state index is 6.21. The molecule has 0 spiro atoms. The van der Waals surface area contributed by atoms with Crippen molar-refractivity contribution in [2.24, 2.45) is 0 Å². The number of benzene rings is 4. The molecule has 8 heteroatoms. The van der Waals surface area contributed by atoms with E-state index in [1.165, 1.54) is 17.5 Å². The van der Waals surface area contributed by atoms with Gasteiger partial charge in [0.25, 0.3) is 0 Å². The van der Waals surface area contributed by atoms with E-state index in [0.717, 1.165) is 66.6 Å². The highest BCUT2D eigenvalue weighted by molar-refractivity contribution is 9.11. The molecule has 4 N–H and O–H groups in total. The van der Waals surface area contributed by atoms with Crippen molar-refractivity contribution in [2.75, 3.05) is 11.5 Å². The summed E-state index contributed by atoms with van der Waals surface area (Å²) < 4.78 is 16.0. The number of halogens is 4. The molecule has 1 saturated carbocycles. The Balaban J connectivity index is 1.52. The van der Waals surface area contributed by atoms with Gasteiger partial charge in [0.15, 0.2) is 11.5 Å². The van der Waals surface area contributed by atoms with E-state index in [-0.39, 0.29) is 5.41 Å². The first-order chi connectivity index (χ1) is 18.2. The molecule has 0 radical (unpaired) electrons. The van der Waals surface area contributed by atoms with E-state index in [4.69, 9.17) is 20.9 Å². The number of hydrogen-bond acceptors (Lipinski definition) is 4. The molecule has 4 nitrogen and oxygen atoms in total. The number of ether oxygens (including phenoxy) is 2. The second-order valence-electron chi connectivity index (χ2n) is 9.52. The third-order valence-electron chi connectivity index (χ3n) is 7.01. The number of hydrogen-bond donors (Lipinski definition) is 2. The van der Waals surface area contributed by atoms with Crippen LogP contribution in [-0.2, 0) is 5.41 Å². The first-order valence-electron chi connectivity index (χ1n) is 12.3. The van der Waals surface area contributed by atoms with Gasteiger partial charge < -0.3 is 20.9 Å². The summed E-state index contributed by atoms with van der Waals surface area (Å²) in [5, 5.41) is 0. The van der Waals surface area contributed by atoms with Crippen LogP contribution in [0.3, 0.4) is 0 Å². The van der Waals surface area contributed by atoms with Gasteiger partial charge in [0.1, 0.15) is 11.5 Å². The van der Waals surface area contributed by atoms with Crippen LogP contribution in [0.15, 0.2) is 90.7 Å². The zero-order valence-corrected chi connectivity index (χ0v) is 26.8. The lowest BCUT2D eigenvalue weighted by molar-refractivity contribution is 0.344. The summed E-state index contributed by atoms with van der Waals surface area (Å²) in [7, 11) is 0. The molecule has 0 saturated heterocycles. The Labute approximate surface area is 256 Å². The highest BCUT2D eigenvalue weighted by Gasteiger charge is 2.37. The minimum atomic E-state index is -0.145. The van der Waals surface area contributed by atoms with Crippen molar-refractivity contribution in [3.63, 3.8) is 0 Å². The Hall–Kier alpha value is -2.00. The molecular formula is C30H26Br4N2O2. The average Bonchev–Trinajstić information content (AvgIpc) is 2.90. The Kier molecular flexibility index (Phi) is 8.43. The zero-order chi connectivity index (χ0) is 26.9. The van der Waals surface area contributed by atoms with Gasteiger partial charge in [-0.15, -0.1) is 0 Å². The fourth-order valence-corrected chi connectivity index (χ4v) is 7.77. The van der Waals surface area contributed by atoms with Crippen molar-refractivity contribution in [1.82, 2.24) is 0 Å². The minimum Gasteiger partial charge on any atom is -0.455 e. The number of rotatable bonds is 6. The van der Waals surface area contributed by atoms with Gasteiger partial charge in [0.05, 0.1) is 17.9 Å². The smallest absolute Gasteiger partial charge is 0.155 e. The molecule has 0 aliphatic heterocycles. The maximum Gasteiger partial charge on any atom is 0.155 e. The van der Waals surface area contributed by atoms with Crippen molar-refractivity contribution in [2.45, 2.75) is 37.5 Å². The van der Waals surface area contributed by atoms with Crippen LogP contribution in [0.1, 0.15) is 43.2 Å². The van der Waals surface area contributed by atoms with Gasteiger partial charge in [0.2, 0.25) is 0 Å². The van der Waals surface area contributed by atoms with E-state index < -0.39 is 0 Å².